The highest BCUT2D eigenvalue weighted by molar-refractivity contribution is 7.15. The average Bonchev–Trinajstić information content (AvgIpc) is 2.73. The van der Waals surface area contributed by atoms with Gasteiger partial charge in [0.2, 0.25) is 0 Å². The molecule has 2 rings (SSSR count). The fraction of sp³-hybridized carbons (Fsp3) is 0.182. The molecule has 0 aliphatic heterocycles. The van der Waals surface area contributed by atoms with Gasteiger partial charge in [0.15, 0.2) is 4.47 Å². The van der Waals surface area contributed by atoms with Crippen molar-refractivity contribution in [1.82, 2.24) is 4.98 Å². The van der Waals surface area contributed by atoms with Gasteiger partial charge in [-0.15, -0.1) is 11.3 Å². The van der Waals surface area contributed by atoms with Gasteiger partial charge >= 0.3 is 0 Å². The maximum absolute atomic E-state index is 5.72. The van der Waals surface area contributed by atoms with E-state index in [9.17, 15) is 0 Å². The first kappa shape index (κ1) is 11.2. The van der Waals surface area contributed by atoms with Crippen molar-refractivity contribution in [3.05, 3.63) is 39.8 Å². The Morgan fingerprint density at radius 2 is 2.19 bits per heavy atom. The Balaban J connectivity index is 1.99. The Labute approximate surface area is 103 Å². The molecule has 0 amide bonds. The highest BCUT2D eigenvalue weighted by Crippen LogP contribution is 2.22. The lowest BCUT2D eigenvalue weighted by Gasteiger charge is -2.05. The third-order valence-electron chi connectivity index (χ3n) is 1.95. The highest BCUT2D eigenvalue weighted by Gasteiger charge is 2.01. The molecule has 0 bridgehead atoms. The molecule has 3 nitrogen and oxygen atoms in total. The third-order valence-corrected chi connectivity index (χ3v) is 3.04. The van der Waals surface area contributed by atoms with E-state index >= 15 is 0 Å². The molecule has 2 aromatic rings. The van der Waals surface area contributed by atoms with Crippen LogP contribution in [-0.4, -0.2) is 12.1 Å². The first-order valence-corrected chi connectivity index (χ1v) is 5.84. The Morgan fingerprint density at radius 3 is 2.88 bits per heavy atom. The minimum absolute atomic E-state index is 0.470. The molecule has 0 atom stereocenters. The summed E-state index contributed by atoms with van der Waals surface area (Å²) in [7, 11) is 1.63. The van der Waals surface area contributed by atoms with Crippen molar-refractivity contribution in [2.45, 2.75) is 6.61 Å². The second-order valence-corrected chi connectivity index (χ2v) is 4.74. The third kappa shape index (κ3) is 2.87. The summed E-state index contributed by atoms with van der Waals surface area (Å²) in [6.07, 6.45) is 1.72. The molecule has 1 aromatic heterocycles. The van der Waals surface area contributed by atoms with Crippen LogP contribution in [0.2, 0.25) is 4.47 Å². The molecule has 0 spiro atoms. The molecule has 16 heavy (non-hydrogen) atoms. The minimum Gasteiger partial charge on any atom is -0.497 e. The highest BCUT2D eigenvalue weighted by atomic mass is 35.5. The van der Waals surface area contributed by atoms with Gasteiger partial charge in [0, 0.05) is 12.3 Å². The van der Waals surface area contributed by atoms with E-state index in [1.54, 1.807) is 13.3 Å². The second kappa shape index (κ2) is 5.18. The van der Waals surface area contributed by atoms with Gasteiger partial charge in [0.1, 0.15) is 18.1 Å². The molecule has 0 fully saturated rings. The number of nitrogens with zero attached hydrogens (tertiary/aromatic N) is 1. The van der Waals surface area contributed by atoms with Gasteiger partial charge in [-0.25, -0.2) is 4.98 Å². The number of thiazole rings is 1. The Hall–Kier alpha value is -1.26. The van der Waals surface area contributed by atoms with Gasteiger partial charge in [0.25, 0.3) is 0 Å². The number of methoxy groups -OCH3 is 1. The molecule has 1 heterocycles. The summed E-state index contributed by atoms with van der Waals surface area (Å²) in [5.74, 6) is 1.55. The lowest BCUT2D eigenvalue weighted by molar-refractivity contribution is 0.307. The van der Waals surface area contributed by atoms with Gasteiger partial charge in [-0.2, -0.15) is 0 Å². The lowest BCUT2D eigenvalue weighted by atomic mass is 10.3. The summed E-state index contributed by atoms with van der Waals surface area (Å²) in [4.78, 5) is 4.94. The maximum Gasteiger partial charge on any atom is 0.183 e. The Bertz CT molecular complexity index is 473. The van der Waals surface area contributed by atoms with Crippen LogP contribution >= 0.6 is 22.9 Å². The van der Waals surface area contributed by atoms with E-state index in [1.165, 1.54) is 11.3 Å². The van der Waals surface area contributed by atoms with E-state index in [4.69, 9.17) is 21.1 Å². The molecule has 5 heteroatoms. The zero-order valence-corrected chi connectivity index (χ0v) is 10.2. The molecule has 0 saturated carbocycles. The summed E-state index contributed by atoms with van der Waals surface area (Å²) in [5.41, 5.74) is 0. The van der Waals surface area contributed by atoms with Crippen LogP contribution in [0.25, 0.3) is 0 Å². The molecule has 1 aromatic carbocycles. The van der Waals surface area contributed by atoms with Crippen molar-refractivity contribution >= 4 is 22.9 Å². The van der Waals surface area contributed by atoms with Crippen molar-refractivity contribution in [2.24, 2.45) is 0 Å². The van der Waals surface area contributed by atoms with E-state index in [0.717, 1.165) is 16.4 Å². The second-order valence-electron chi connectivity index (χ2n) is 3.05. The Morgan fingerprint density at radius 1 is 1.38 bits per heavy atom. The number of benzene rings is 1. The number of ether oxygens (including phenoxy) is 2. The lowest BCUT2D eigenvalue weighted by Crippen LogP contribution is -1.93. The predicted octanol–water partition coefficient (Wildman–Crippen LogP) is 3.38. The van der Waals surface area contributed by atoms with E-state index < -0.39 is 0 Å². The predicted molar refractivity (Wildman–Crippen MR) is 64.5 cm³/mol. The first-order valence-electron chi connectivity index (χ1n) is 4.65. The van der Waals surface area contributed by atoms with Crippen LogP contribution in [0.3, 0.4) is 0 Å². The van der Waals surface area contributed by atoms with Crippen molar-refractivity contribution < 1.29 is 9.47 Å². The van der Waals surface area contributed by atoms with E-state index in [-0.39, 0.29) is 0 Å². The summed E-state index contributed by atoms with van der Waals surface area (Å²) in [6.45, 7) is 0.470. The van der Waals surface area contributed by atoms with Gasteiger partial charge in [-0.1, -0.05) is 17.7 Å². The summed E-state index contributed by atoms with van der Waals surface area (Å²) in [6, 6.07) is 7.47. The fourth-order valence-electron chi connectivity index (χ4n) is 1.20. The first-order chi connectivity index (χ1) is 7.78. The number of rotatable bonds is 4. The SMILES string of the molecule is COc1cccc(OCc2cnc(Cl)s2)c1. The molecular formula is C11H10ClNO2S. The Kier molecular flexibility index (Phi) is 3.64. The number of hydrogen-bond donors (Lipinski definition) is 0. The fourth-order valence-corrected chi connectivity index (χ4v) is 2.09. The number of halogens is 1. The summed E-state index contributed by atoms with van der Waals surface area (Å²) < 4.78 is 11.2. The topological polar surface area (TPSA) is 31.4 Å². The quantitative estimate of drug-likeness (QED) is 0.839. The largest absolute Gasteiger partial charge is 0.497 e. The van der Waals surface area contributed by atoms with Crippen LogP contribution in [0.5, 0.6) is 11.5 Å². The zero-order chi connectivity index (χ0) is 11.4. The summed E-state index contributed by atoms with van der Waals surface area (Å²) in [5, 5.41) is 0. The number of aromatic nitrogens is 1. The summed E-state index contributed by atoms with van der Waals surface area (Å²) >= 11 is 7.14. The molecule has 0 aliphatic rings. The minimum atomic E-state index is 0.470. The molecular weight excluding hydrogens is 246 g/mol. The standard InChI is InChI=1S/C11H10ClNO2S/c1-14-8-3-2-4-9(5-8)15-7-10-6-13-11(12)16-10/h2-6H,7H2,1H3. The van der Waals surface area contributed by atoms with Crippen LogP contribution in [0.4, 0.5) is 0 Å². The average molecular weight is 256 g/mol. The smallest absolute Gasteiger partial charge is 0.183 e. The molecule has 84 valence electrons. The normalized spacial score (nSPS) is 10.1. The van der Waals surface area contributed by atoms with E-state index in [2.05, 4.69) is 4.98 Å². The molecule has 0 radical (unpaired) electrons. The molecule has 0 unspecified atom stereocenters. The van der Waals surface area contributed by atoms with Gasteiger partial charge in [-0.3, -0.25) is 0 Å². The van der Waals surface area contributed by atoms with Crippen molar-refractivity contribution in [2.75, 3.05) is 7.11 Å². The van der Waals surface area contributed by atoms with Crippen LogP contribution in [-0.2, 0) is 6.61 Å². The van der Waals surface area contributed by atoms with Gasteiger partial charge in [0.05, 0.1) is 12.0 Å². The van der Waals surface area contributed by atoms with Crippen LogP contribution in [0.1, 0.15) is 4.88 Å². The van der Waals surface area contributed by atoms with Crippen molar-refractivity contribution in [3.8, 4) is 11.5 Å². The van der Waals surface area contributed by atoms with Gasteiger partial charge < -0.3 is 9.47 Å². The molecule has 0 aliphatic carbocycles. The van der Waals surface area contributed by atoms with Crippen LogP contribution in [0.15, 0.2) is 30.5 Å². The van der Waals surface area contributed by atoms with Crippen molar-refractivity contribution in [3.63, 3.8) is 0 Å². The van der Waals surface area contributed by atoms with Crippen LogP contribution in [0, 0.1) is 0 Å². The van der Waals surface area contributed by atoms with Crippen molar-refractivity contribution in [1.29, 1.82) is 0 Å². The zero-order valence-electron chi connectivity index (χ0n) is 8.64. The van der Waals surface area contributed by atoms with Crippen LogP contribution < -0.4 is 9.47 Å². The van der Waals surface area contributed by atoms with E-state index in [0.29, 0.717) is 11.1 Å². The number of hydrogen-bond acceptors (Lipinski definition) is 4. The monoisotopic (exact) mass is 255 g/mol. The van der Waals surface area contributed by atoms with E-state index in [1.807, 2.05) is 24.3 Å². The molecule has 0 saturated heterocycles. The maximum atomic E-state index is 5.72. The van der Waals surface area contributed by atoms with Gasteiger partial charge in [-0.05, 0) is 12.1 Å². The molecule has 0 N–H and O–H groups in total.